The fourth-order valence-corrected chi connectivity index (χ4v) is 4.22. The molecule has 0 saturated carbocycles. The molecule has 0 bridgehead atoms. The first kappa shape index (κ1) is 19.0. The van der Waals surface area contributed by atoms with Crippen molar-refractivity contribution < 1.29 is 0 Å². The van der Waals surface area contributed by atoms with Gasteiger partial charge in [-0.25, -0.2) is 4.98 Å². The topological polar surface area (TPSA) is 46.0 Å². The molecule has 2 aromatic carbocycles. The van der Waals surface area contributed by atoms with Crippen molar-refractivity contribution in [2.24, 2.45) is 0 Å². The van der Waals surface area contributed by atoms with E-state index >= 15 is 0 Å². The first-order chi connectivity index (χ1) is 14.8. The van der Waals surface area contributed by atoms with Crippen LogP contribution in [-0.2, 0) is 13.1 Å². The predicted octanol–water partition coefficient (Wildman–Crippen LogP) is 4.17. The molecular formula is C25H27N5. The summed E-state index contributed by atoms with van der Waals surface area (Å²) in [7, 11) is 0. The van der Waals surface area contributed by atoms with Crippen molar-refractivity contribution in [3.05, 3.63) is 90.5 Å². The minimum Gasteiger partial charge on any atom is -0.310 e. The van der Waals surface area contributed by atoms with E-state index in [2.05, 4.69) is 73.3 Å². The van der Waals surface area contributed by atoms with Crippen LogP contribution >= 0.6 is 0 Å². The van der Waals surface area contributed by atoms with E-state index in [1.54, 1.807) is 0 Å². The number of pyridine rings is 1. The van der Waals surface area contributed by atoms with Crippen molar-refractivity contribution in [1.29, 1.82) is 0 Å². The summed E-state index contributed by atoms with van der Waals surface area (Å²) in [6.07, 6.45) is 6.15. The van der Waals surface area contributed by atoms with E-state index in [0.29, 0.717) is 6.04 Å². The maximum Gasteiger partial charge on any atom is 0.100 e. The van der Waals surface area contributed by atoms with Crippen LogP contribution in [-0.4, -0.2) is 38.6 Å². The number of likely N-dealkylation sites (tertiary alicyclic amines) is 1. The lowest BCUT2D eigenvalue weighted by molar-refractivity contribution is 0.188. The largest absolute Gasteiger partial charge is 0.310 e. The van der Waals surface area contributed by atoms with Gasteiger partial charge >= 0.3 is 0 Å². The Labute approximate surface area is 177 Å². The average Bonchev–Trinajstić information content (AvgIpc) is 3.24. The molecule has 0 unspecified atom stereocenters. The average molecular weight is 398 g/mol. The Bertz CT molecular complexity index is 1080. The number of para-hydroxylation sites is 2. The van der Waals surface area contributed by atoms with Crippen LogP contribution in [0.25, 0.3) is 16.7 Å². The zero-order valence-corrected chi connectivity index (χ0v) is 17.1. The van der Waals surface area contributed by atoms with Crippen molar-refractivity contribution in [2.45, 2.75) is 32.0 Å². The second-order valence-corrected chi connectivity index (χ2v) is 8.02. The van der Waals surface area contributed by atoms with Crippen LogP contribution < -0.4 is 5.32 Å². The molecule has 5 rings (SSSR count). The van der Waals surface area contributed by atoms with Crippen LogP contribution in [0.15, 0.2) is 79.3 Å². The van der Waals surface area contributed by atoms with Crippen LogP contribution in [0.1, 0.15) is 24.1 Å². The highest BCUT2D eigenvalue weighted by atomic mass is 15.1. The summed E-state index contributed by atoms with van der Waals surface area (Å²) in [6.45, 7) is 4.12. The summed E-state index contributed by atoms with van der Waals surface area (Å²) in [6, 6.07) is 23.8. The first-order valence-electron chi connectivity index (χ1n) is 10.7. The van der Waals surface area contributed by atoms with Crippen LogP contribution in [0, 0.1) is 0 Å². The third-order valence-corrected chi connectivity index (χ3v) is 5.96. The van der Waals surface area contributed by atoms with Gasteiger partial charge in [-0.1, -0.05) is 30.3 Å². The lowest BCUT2D eigenvalue weighted by Gasteiger charge is -2.32. The maximum absolute atomic E-state index is 4.49. The second-order valence-electron chi connectivity index (χ2n) is 8.02. The van der Waals surface area contributed by atoms with Gasteiger partial charge in [0.25, 0.3) is 0 Å². The van der Waals surface area contributed by atoms with Gasteiger partial charge in [-0.05, 0) is 54.8 Å². The van der Waals surface area contributed by atoms with E-state index in [9.17, 15) is 0 Å². The third kappa shape index (κ3) is 4.27. The fourth-order valence-electron chi connectivity index (χ4n) is 4.22. The molecule has 0 radical (unpaired) electrons. The molecule has 4 aromatic rings. The maximum atomic E-state index is 4.49. The highest BCUT2D eigenvalue weighted by molar-refractivity contribution is 5.77. The van der Waals surface area contributed by atoms with E-state index in [0.717, 1.165) is 48.6 Å². The Balaban J connectivity index is 1.13. The number of benzene rings is 2. The van der Waals surface area contributed by atoms with Crippen LogP contribution in [0.4, 0.5) is 0 Å². The number of piperidine rings is 1. The number of imidazole rings is 1. The molecule has 1 aliphatic heterocycles. The quantitative estimate of drug-likeness (QED) is 0.530. The smallest absolute Gasteiger partial charge is 0.100 e. The first-order valence-corrected chi connectivity index (χ1v) is 10.7. The zero-order valence-electron chi connectivity index (χ0n) is 17.1. The summed E-state index contributed by atoms with van der Waals surface area (Å²) >= 11 is 0. The molecule has 1 N–H and O–H groups in total. The number of nitrogens with zero attached hydrogens (tertiary/aromatic N) is 4. The van der Waals surface area contributed by atoms with Gasteiger partial charge in [0.2, 0.25) is 0 Å². The Morgan fingerprint density at radius 1 is 0.867 bits per heavy atom. The van der Waals surface area contributed by atoms with Crippen LogP contribution in [0.5, 0.6) is 0 Å². The number of aromatic nitrogens is 3. The fraction of sp³-hybridized carbons (Fsp3) is 0.280. The molecule has 5 nitrogen and oxygen atoms in total. The van der Waals surface area contributed by atoms with Crippen LogP contribution in [0.3, 0.4) is 0 Å². The minimum absolute atomic E-state index is 0.585. The molecule has 5 heteroatoms. The van der Waals surface area contributed by atoms with Gasteiger partial charge in [-0.15, -0.1) is 0 Å². The summed E-state index contributed by atoms with van der Waals surface area (Å²) in [5.74, 6) is 0. The lowest BCUT2D eigenvalue weighted by Crippen LogP contribution is -2.41. The summed E-state index contributed by atoms with van der Waals surface area (Å²) in [5, 5.41) is 3.74. The van der Waals surface area contributed by atoms with Gasteiger partial charge in [0.05, 0.1) is 16.7 Å². The molecule has 0 atom stereocenters. The lowest BCUT2D eigenvalue weighted by atomic mass is 10.0. The molecule has 30 heavy (non-hydrogen) atoms. The number of hydrogen-bond donors (Lipinski definition) is 1. The Morgan fingerprint density at radius 3 is 2.47 bits per heavy atom. The van der Waals surface area contributed by atoms with Gasteiger partial charge in [-0.3, -0.25) is 14.5 Å². The highest BCUT2D eigenvalue weighted by Gasteiger charge is 2.19. The molecule has 1 saturated heterocycles. The van der Waals surface area contributed by atoms with Crippen molar-refractivity contribution in [3.8, 4) is 5.69 Å². The van der Waals surface area contributed by atoms with E-state index in [1.807, 2.05) is 30.7 Å². The Kier molecular flexibility index (Phi) is 5.55. The molecular weight excluding hydrogens is 370 g/mol. The minimum atomic E-state index is 0.585. The normalized spacial score (nSPS) is 15.6. The zero-order chi connectivity index (χ0) is 20.2. The van der Waals surface area contributed by atoms with Crippen molar-refractivity contribution in [2.75, 3.05) is 13.1 Å². The van der Waals surface area contributed by atoms with Crippen molar-refractivity contribution in [3.63, 3.8) is 0 Å². The van der Waals surface area contributed by atoms with E-state index in [-0.39, 0.29) is 0 Å². The molecule has 1 fully saturated rings. The SMILES string of the molecule is c1ccc(CN2CCC(NCc3ccc(-n4cnc5ccccc54)cc3)CC2)nc1. The summed E-state index contributed by atoms with van der Waals surface area (Å²) < 4.78 is 2.14. The second kappa shape index (κ2) is 8.78. The standard InChI is InChI=1S/C25H27N5/c1-2-7-25-24(6-1)28-19-30(25)23-10-8-20(9-11-23)17-27-21-12-15-29(16-13-21)18-22-5-3-4-14-26-22/h1-11,14,19,21,27H,12-13,15-18H2. The summed E-state index contributed by atoms with van der Waals surface area (Å²) in [5.41, 5.74) is 5.79. The Morgan fingerprint density at radius 2 is 1.67 bits per heavy atom. The van der Waals surface area contributed by atoms with Gasteiger partial charge < -0.3 is 5.32 Å². The van der Waals surface area contributed by atoms with E-state index in [1.165, 1.54) is 18.4 Å². The number of nitrogens with one attached hydrogen (secondary N) is 1. The Hall–Kier alpha value is -3.02. The molecule has 0 aliphatic carbocycles. The number of rotatable bonds is 6. The van der Waals surface area contributed by atoms with E-state index < -0.39 is 0 Å². The third-order valence-electron chi connectivity index (χ3n) is 5.96. The molecule has 152 valence electrons. The van der Waals surface area contributed by atoms with Gasteiger partial charge in [0, 0.05) is 44.1 Å². The van der Waals surface area contributed by atoms with Gasteiger partial charge in [0.1, 0.15) is 6.33 Å². The summed E-state index contributed by atoms with van der Waals surface area (Å²) in [4.78, 5) is 11.4. The van der Waals surface area contributed by atoms with Gasteiger partial charge in [0.15, 0.2) is 0 Å². The molecule has 3 heterocycles. The molecule has 0 amide bonds. The number of fused-ring (bicyclic) bond motifs is 1. The molecule has 1 aliphatic rings. The number of hydrogen-bond acceptors (Lipinski definition) is 4. The van der Waals surface area contributed by atoms with Gasteiger partial charge in [-0.2, -0.15) is 0 Å². The monoisotopic (exact) mass is 397 g/mol. The van der Waals surface area contributed by atoms with Crippen LogP contribution in [0.2, 0.25) is 0 Å². The molecule has 2 aromatic heterocycles. The molecule has 0 spiro atoms. The highest BCUT2D eigenvalue weighted by Crippen LogP contribution is 2.19. The van der Waals surface area contributed by atoms with E-state index in [4.69, 9.17) is 0 Å². The van der Waals surface area contributed by atoms with Crippen molar-refractivity contribution >= 4 is 11.0 Å². The van der Waals surface area contributed by atoms with Crippen molar-refractivity contribution in [1.82, 2.24) is 24.8 Å². The predicted molar refractivity (Wildman–Crippen MR) is 120 cm³/mol.